The smallest absolute Gasteiger partial charge is 0.236 e. The van der Waals surface area contributed by atoms with E-state index in [1.807, 2.05) is 17.0 Å². The Bertz CT molecular complexity index is 498. The number of nitrogens with two attached hydrogens (primary N) is 1. The third kappa shape index (κ3) is 2.96. The molecule has 3 atom stereocenters. The summed E-state index contributed by atoms with van der Waals surface area (Å²) in [5, 5.41) is 0.00976. The molecule has 1 amide bonds. The van der Waals surface area contributed by atoms with Crippen LogP contribution >= 0.6 is 11.8 Å². The zero-order valence-electron chi connectivity index (χ0n) is 12.3. The van der Waals surface area contributed by atoms with Gasteiger partial charge in [-0.25, -0.2) is 0 Å². The van der Waals surface area contributed by atoms with E-state index in [0.29, 0.717) is 6.54 Å². The van der Waals surface area contributed by atoms with Gasteiger partial charge in [0, 0.05) is 31.1 Å². The maximum Gasteiger partial charge on any atom is 0.236 e. The average molecular weight is 306 g/mol. The molecule has 1 fully saturated rings. The molecule has 0 bridgehead atoms. The standard InChI is InChI=1S/C16H22N2O2S/c1-20-13-6-7-18(12(9-13)10-17)16(19)15-8-11-4-2-3-5-14(11)21-15/h2-5,12-13,15H,6-10,17H2,1H3. The molecule has 2 aliphatic rings. The normalized spacial score (nSPS) is 28.5. The number of rotatable bonds is 3. The molecule has 0 aromatic heterocycles. The largest absolute Gasteiger partial charge is 0.381 e. The molecule has 5 heteroatoms. The number of thioether (sulfide) groups is 1. The molecule has 1 saturated heterocycles. The van der Waals surface area contributed by atoms with E-state index in [9.17, 15) is 4.79 Å². The van der Waals surface area contributed by atoms with Gasteiger partial charge in [0.2, 0.25) is 5.91 Å². The summed E-state index contributed by atoms with van der Waals surface area (Å²) in [4.78, 5) is 16.1. The molecular formula is C16H22N2O2S. The Hall–Kier alpha value is -1.04. The maximum absolute atomic E-state index is 12.8. The van der Waals surface area contributed by atoms with Crippen molar-refractivity contribution in [3.8, 4) is 0 Å². The first-order valence-corrected chi connectivity index (χ1v) is 8.38. The van der Waals surface area contributed by atoms with Crippen molar-refractivity contribution in [1.82, 2.24) is 4.90 Å². The van der Waals surface area contributed by atoms with Crippen LogP contribution in [0, 0.1) is 0 Å². The number of methoxy groups -OCH3 is 1. The molecule has 114 valence electrons. The van der Waals surface area contributed by atoms with Crippen molar-refractivity contribution >= 4 is 17.7 Å². The van der Waals surface area contributed by atoms with Crippen LogP contribution in [0.1, 0.15) is 18.4 Å². The van der Waals surface area contributed by atoms with E-state index in [1.165, 1.54) is 10.5 Å². The number of hydrogen-bond acceptors (Lipinski definition) is 4. The highest BCUT2D eigenvalue weighted by Crippen LogP contribution is 2.38. The molecule has 1 aromatic carbocycles. The number of carbonyl (C=O) groups excluding carboxylic acids is 1. The zero-order chi connectivity index (χ0) is 14.8. The van der Waals surface area contributed by atoms with Crippen LogP contribution in [0.4, 0.5) is 0 Å². The predicted octanol–water partition coefficient (Wildman–Crippen LogP) is 1.67. The van der Waals surface area contributed by atoms with Crippen molar-refractivity contribution in [2.45, 2.75) is 41.6 Å². The SMILES string of the molecule is COC1CCN(C(=O)C2Cc3ccccc3S2)C(CN)C1. The van der Waals surface area contributed by atoms with E-state index in [2.05, 4.69) is 12.1 Å². The predicted molar refractivity (Wildman–Crippen MR) is 84.4 cm³/mol. The van der Waals surface area contributed by atoms with Crippen LogP contribution in [0.3, 0.4) is 0 Å². The van der Waals surface area contributed by atoms with E-state index in [4.69, 9.17) is 10.5 Å². The Labute approximate surface area is 130 Å². The summed E-state index contributed by atoms with van der Waals surface area (Å²) < 4.78 is 5.43. The lowest BCUT2D eigenvalue weighted by molar-refractivity contribution is -0.136. The van der Waals surface area contributed by atoms with Crippen molar-refractivity contribution in [3.63, 3.8) is 0 Å². The minimum absolute atomic E-state index is 0.00976. The fourth-order valence-corrected chi connectivity index (χ4v) is 4.51. The van der Waals surface area contributed by atoms with Crippen molar-refractivity contribution in [3.05, 3.63) is 29.8 Å². The van der Waals surface area contributed by atoms with E-state index in [0.717, 1.165) is 25.8 Å². The van der Waals surface area contributed by atoms with E-state index in [1.54, 1.807) is 18.9 Å². The molecule has 0 radical (unpaired) electrons. The lowest BCUT2D eigenvalue weighted by Gasteiger charge is -2.39. The number of amides is 1. The van der Waals surface area contributed by atoms with Crippen molar-refractivity contribution < 1.29 is 9.53 Å². The second-order valence-corrected chi connectivity index (χ2v) is 6.97. The molecule has 2 N–H and O–H groups in total. The summed E-state index contributed by atoms with van der Waals surface area (Å²) >= 11 is 1.69. The summed E-state index contributed by atoms with van der Waals surface area (Å²) in [6.45, 7) is 1.27. The van der Waals surface area contributed by atoms with Gasteiger partial charge in [-0.1, -0.05) is 18.2 Å². The minimum atomic E-state index is 0.00976. The number of carbonyl (C=O) groups is 1. The monoisotopic (exact) mass is 306 g/mol. The second-order valence-electron chi connectivity index (χ2n) is 5.72. The van der Waals surface area contributed by atoms with Gasteiger partial charge >= 0.3 is 0 Å². The van der Waals surface area contributed by atoms with Gasteiger partial charge in [0.15, 0.2) is 0 Å². The van der Waals surface area contributed by atoms with E-state index >= 15 is 0 Å². The number of ether oxygens (including phenoxy) is 1. The van der Waals surface area contributed by atoms with Gasteiger partial charge in [-0.3, -0.25) is 4.79 Å². The molecule has 4 nitrogen and oxygen atoms in total. The molecule has 0 aliphatic carbocycles. The van der Waals surface area contributed by atoms with E-state index < -0.39 is 0 Å². The number of likely N-dealkylation sites (tertiary alicyclic amines) is 1. The summed E-state index contributed by atoms with van der Waals surface area (Å²) in [5.74, 6) is 0.237. The number of piperidine rings is 1. The first-order chi connectivity index (χ1) is 10.2. The first kappa shape index (κ1) is 14.9. The molecule has 2 heterocycles. The molecule has 1 aromatic rings. The fraction of sp³-hybridized carbons (Fsp3) is 0.562. The Morgan fingerprint density at radius 1 is 1.48 bits per heavy atom. The van der Waals surface area contributed by atoms with Crippen LogP contribution in [-0.2, 0) is 16.0 Å². The van der Waals surface area contributed by atoms with E-state index in [-0.39, 0.29) is 23.3 Å². The van der Waals surface area contributed by atoms with Crippen LogP contribution in [-0.4, -0.2) is 48.4 Å². The van der Waals surface area contributed by atoms with Gasteiger partial charge in [0.1, 0.15) is 0 Å². The zero-order valence-corrected chi connectivity index (χ0v) is 13.1. The maximum atomic E-state index is 12.8. The Balaban J connectivity index is 1.69. The number of fused-ring (bicyclic) bond motifs is 1. The fourth-order valence-electron chi connectivity index (χ4n) is 3.25. The van der Waals surface area contributed by atoms with Gasteiger partial charge in [-0.15, -0.1) is 11.8 Å². The number of nitrogens with zero attached hydrogens (tertiary/aromatic N) is 1. The minimum Gasteiger partial charge on any atom is -0.381 e. The molecule has 2 aliphatic heterocycles. The van der Waals surface area contributed by atoms with Crippen LogP contribution in [0.15, 0.2) is 29.2 Å². The topological polar surface area (TPSA) is 55.6 Å². The highest BCUT2D eigenvalue weighted by Gasteiger charge is 2.37. The third-order valence-corrected chi connectivity index (χ3v) is 5.78. The molecule has 3 rings (SSSR count). The van der Waals surface area contributed by atoms with Crippen molar-refractivity contribution in [2.75, 3.05) is 20.2 Å². The van der Waals surface area contributed by atoms with Crippen LogP contribution in [0.25, 0.3) is 0 Å². The molecule has 3 unspecified atom stereocenters. The highest BCUT2D eigenvalue weighted by molar-refractivity contribution is 8.01. The summed E-state index contributed by atoms with van der Waals surface area (Å²) in [5.41, 5.74) is 7.16. The van der Waals surface area contributed by atoms with Crippen LogP contribution < -0.4 is 5.73 Å². The second kappa shape index (κ2) is 6.38. The lowest BCUT2D eigenvalue weighted by Crippen LogP contribution is -2.53. The molecular weight excluding hydrogens is 284 g/mol. The molecule has 0 saturated carbocycles. The quantitative estimate of drug-likeness (QED) is 0.923. The van der Waals surface area contributed by atoms with Gasteiger partial charge in [-0.2, -0.15) is 0 Å². The average Bonchev–Trinajstić information content (AvgIpc) is 2.97. The van der Waals surface area contributed by atoms with Gasteiger partial charge in [-0.05, 0) is 30.9 Å². The van der Waals surface area contributed by atoms with Crippen molar-refractivity contribution in [2.24, 2.45) is 5.73 Å². The molecule has 21 heavy (non-hydrogen) atoms. The summed E-state index contributed by atoms with van der Waals surface area (Å²) in [6.07, 6.45) is 2.82. The highest BCUT2D eigenvalue weighted by atomic mass is 32.2. The van der Waals surface area contributed by atoms with Gasteiger partial charge in [0.25, 0.3) is 0 Å². The Morgan fingerprint density at radius 2 is 2.29 bits per heavy atom. The lowest BCUT2D eigenvalue weighted by atomic mass is 9.98. The Morgan fingerprint density at radius 3 is 3.00 bits per heavy atom. The summed E-state index contributed by atoms with van der Waals surface area (Å²) in [7, 11) is 1.74. The third-order valence-electron chi connectivity index (χ3n) is 4.48. The summed E-state index contributed by atoms with van der Waals surface area (Å²) in [6, 6.07) is 8.41. The Kier molecular flexibility index (Phi) is 4.52. The van der Waals surface area contributed by atoms with Crippen LogP contribution in [0.2, 0.25) is 0 Å². The first-order valence-electron chi connectivity index (χ1n) is 7.51. The van der Waals surface area contributed by atoms with Crippen LogP contribution in [0.5, 0.6) is 0 Å². The number of hydrogen-bond donors (Lipinski definition) is 1. The van der Waals surface area contributed by atoms with Crippen molar-refractivity contribution in [1.29, 1.82) is 0 Å². The molecule has 0 spiro atoms. The van der Waals surface area contributed by atoms with Gasteiger partial charge in [0.05, 0.1) is 11.4 Å². The number of benzene rings is 1. The van der Waals surface area contributed by atoms with Gasteiger partial charge < -0.3 is 15.4 Å².